The molecule has 1 aliphatic heterocycles. The maximum Gasteiger partial charge on any atom is 0.321 e. The zero-order valence-electron chi connectivity index (χ0n) is 13.4. The molecule has 1 aromatic carbocycles. The van der Waals surface area contributed by atoms with Gasteiger partial charge in [0.25, 0.3) is 0 Å². The average Bonchev–Trinajstić information content (AvgIpc) is 3.12. The van der Waals surface area contributed by atoms with Gasteiger partial charge in [-0.1, -0.05) is 17.7 Å². The normalized spacial score (nSPS) is 14.8. The van der Waals surface area contributed by atoms with E-state index in [4.69, 9.17) is 11.6 Å². The number of benzene rings is 1. The van der Waals surface area contributed by atoms with E-state index in [-0.39, 0.29) is 6.03 Å². The van der Waals surface area contributed by atoms with Crippen molar-refractivity contribution in [2.24, 2.45) is 0 Å². The Hall–Kier alpha value is -2.80. The first kappa shape index (κ1) is 15.7. The Morgan fingerprint density at radius 2 is 2.00 bits per heavy atom. The number of carbonyl (C=O) groups is 1. The SMILES string of the molecule is O=C(Nc1cccc2[nH]ncc12)N1CCN(c2ncccc2Cl)CC1. The lowest BCUT2D eigenvalue weighted by molar-refractivity contribution is 0.208. The molecule has 3 heterocycles. The molecule has 0 spiro atoms. The van der Waals surface area contributed by atoms with Crippen LogP contribution in [-0.2, 0) is 0 Å². The lowest BCUT2D eigenvalue weighted by Crippen LogP contribution is -2.50. The molecule has 2 aromatic heterocycles. The molecule has 0 radical (unpaired) electrons. The Kier molecular flexibility index (Phi) is 4.15. The number of hydrogen-bond acceptors (Lipinski definition) is 4. The van der Waals surface area contributed by atoms with E-state index in [0.717, 1.165) is 22.4 Å². The van der Waals surface area contributed by atoms with Crippen LogP contribution in [0.3, 0.4) is 0 Å². The van der Waals surface area contributed by atoms with E-state index >= 15 is 0 Å². The molecular weight excluding hydrogens is 340 g/mol. The van der Waals surface area contributed by atoms with Gasteiger partial charge in [-0.2, -0.15) is 5.10 Å². The predicted molar refractivity (Wildman–Crippen MR) is 98.1 cm³/mol. The van der Waals surface area contributed by atoms with Crippen LogP contribution in [0.25, 0.3) is 10.9 Å². The minimum Gasteiger partial charge on any atom is -0.352 e. The molecule has 1 fully saturated rings. The molecule has 0 unspecified atom stereocenters. The van der Waals surface area contributed by atoms with Gasteiger partial charge < -0.3 is 15.1 Å². The van der Waals surface area contributed by atoms with Crippen LogP contribution in [0.1, 0.15) is 0 Å². The number of amides is 2. The van der Waals surface area contributed by atoms with Crippen molar-refractivity contribution in [3.8, 4) is 0 Å². The summed E-state index contributed by atoms with van der Waals surface area (Å²) in [7, 11) is 0. The average molecular weight is 357 g/mol. The van der Waals surface area contributed by atoms with Crippen molar-refractivity contribution in [2.75, 3.05) is 36.4 Å². The number of fused-ring (bicyclic) bond motifs is 1. The van der Waals surface area contributed by atoms with Gasteiger partial charge in [0, 0.05) is 37.8 Å². The molecule has 1 saturated heterocycles. The van der Waals surface area contributed by atoms with Gasteiger partial charge in [0.15, 0.2) is 0 Å². The smallest absolute Gasteiger partial charge is 0.321 e. The Balaban J connectivity index is 1.42. The molecule has 0 aliphatic carbocycles. The molecule has 0 atom stereocenters. The summed E-state index contributed by atoms with van der Waals surface area (Å²) in [4.78, 5) is 20.8. The number of halogens is 1. The number of carbonyl (C=O) groups excluding carboxylic acids is 1. The van der Waals surface area contributed by atoms with E-state index in [9.17, 15) is 4.79 Å². The Bertz CT molecular complexity index is 903. The third-order valence-electron chi connectivity index (χ3n) is 4.33. The highest BCUT2D eigenvalue weighted by Gasteiger charge is 2.23. The highest BCUT2D eigenvalue weighted by atomic mass is 35.5. The third-order valence-corrected chi connectivity index (χ3v) is 4.63. The maximum atomic E-state index is 12.6. The van der Waals surface area contributed by atoms with Crippen LogP contribution >= 0.6 is 11.6 Å². The van der Waals surface area contributed by atoms with Crippen molar-refractivity contribution in [2.45, 2.75) is 0 Å². The van der Waals surface area contributed by atoms with Crippen LogP contribution in [-0.4, -0.2) is 52.3 Å². The summed E-state index contributed by atoms with van der Waals surface area (Å²) >= 11 is 6.20. The van der Waals surface area contributed by atoms with Crippen LogP contribution < -0.4 is 10.2 Å². The van der Waals surface area contributed by atoms with Crippen LogP contribution in [0, 0.1) is 0 Å². The summed E-state index contributed by atoms with van der Waals surface area (Å²) in [6.45, 7) is 2.61. The predicted octanol–water partition coefficient (Wildman–Crippen LogP) is 2.97. The molecule has 3 aromatic rings. The first-order valence-electron chi connectivity index (χ1n) is 8.06. The van der Waals surface area contributed by atoms with E-state index in [1.165, 1.54) is 0 Å². The molecule has 0 bridgehead atoms. The number of nitrogens with zero attached hydrogens (tertiary/aromatic N) is 4. The molecule has 8 heteroatoms. The zero-order valence-corrected chi connectivity index (χ0v) is 14.2. The number of rotatable bonds is 2. The molecule has 1 aliphatic rings. The number of aromatic amines is 1. The summed E-state index contributed by atoms with van der Waals surface area (Å²) in [6.07, 6.45) is 3.44. The molecule has 4 rings (SSSR count). The number of anilines is 2. The van der Waals surface area contributed by atoms with Crippen molar-refractivity contribution in [1.29, 1.82) is 0 Å². The van der Waals surface area contributed by atoms with E-state index in [2.05, 4.69) is 25.4 Å². The van der Waals surface area contributed by atoms with Crippen LogP contribution in [0.5, 0.6) is 0 Å². The standard InChI is InChI=1S/C17H17ClN6O/c18-13-3-2-6-19-16(13)23-7-9-24(10-8-23)17(25)21-14-4-1-5-15-12(14)11-20-22-15/h1-6,11H,7-10H2,(H,20,22)(H,21,25). The topological polar surface area (TPSA) is 77.2 Å². The lowest BCUT2D eigenvalue weighted by Gasteiger charge is -2.35. The third kappa shape index (κ3) is 3.10. The fourth-order valence-corrected chi connectivity index (χ4v) is 3.24. The minimum absolute atomic E-state index is 0.111. The summed E-state index contributed by atoms with van der Waals surface area (Å²) in [5.41, 5.74) is 1.65. The van der Waals surface area contributed by atoms with E-state index in [1.807, 2.05) is 30.3 Å². The number of urea groups is 1. The van der Waals surface area contributed by atoms with Crippen molar-refractivity contribution >= 4 is 40.0 Å². The first-order chi connectivity index (χ1) is 12.2. The van der Waals surface area contributed by atoms with Crippen molar-refractivity contribution in [3.05, 3.63) is 47.7 Å². The van der Waals surface area contributed by atoms with Gasteiger partial charge in [0.2, 0.25) is 0 Å². The van der Waals surface area contributed by atoms with Gasteiger partial charge in [0.05, 0.1) is 22.4 Å². The molecular formula is C17H17ClN6O. The molecule has 128 valence electrons. The zero-order chi connectivity index (χ0) is 17.2. The van der Waals surface area contributed by atoms with Crippen LogP contribution in [0.4, 0.5) is 16.3 Å². The Morgan fingerprint density at radius 3 is 2.80 bits per heavy atom. The second-order valence-corrected chi connectivity index (χ2v) is 6.26. The van der Waals surface area contributed by atoms with Crippen molar-refractivity contribution in [1.82, 2.24) is 20.1 Å². The molecule has 2 N–H and O–H groups in total. The number of pyridine rings is 1. The van der Waals surface area contributed by atoms with E-state index < -0.39 is 0 Å². The summed E-state index contributed by atoms with van der Waals surface area (Å²) < 4.78 is 0. The fourth-order valence-electron chi connectivity index (χ4n) is 3.00. The van der Waals surface area contributed by atoms with Gasteiger partial charge in [-0.05, 0) is 24.3 Å². The van der Waals surface area contributed by atoms with E-state index in [1.54, 1.807) is 17.3 Å². The monoisotopic (exact) mass is 356 g/mol. The summed E-state index contributed by atoms with van der Waals surface area (Å²) in [5.74, 6) is 0.771. The molecule has 2 amide bonds. The van der Waals surface area contributed by atoms with Gasteiger partial charge >= 0.3 is 6.03 Å². The number of hydrogen-bond donors (Lipinski definition) is 2. The highest BCUT2D eigenvalue weighted by molar-refractivity contribution is 6.32. The van der Waals surface area contributed by atoms with Gasteiger partial charge in [-0.15, -0.1) is 0 Å². The van der Waals surface area contributed by atoms with Gasteiger partial charge in [-0.25, -0.2) is 9.78 Å². The Labute approximate surface area is 149 Å². The first-order valence-corrected chi connectivity index (χ1v) is 8.43. The van der Waals surface area contributed by atoms with Crippen LogP contribution in [0.2, 0.25) is 5.02 Å². The second kappa shape index (κ2) is 6.60. The number of aromatic nitrogens is 3. The molecule has 25 heavy (non-hydrogen) atoms. The molecule has 0 saturated carbocycles. The van der Waals surface area contributed by atoms with Crippen LogP contribution in [0.15, 0.2) is 42.7 Å². The lowest BCUT2D eigenvalue weighted by atomic mass is 10.2. The van der Waals surface area contributed by atoms with E-state index in [0.29, 0.717) is 31.2 Å². The number of piperazine rings is 1. The largest absolute Gasteiger partial charge is 0.352 e. The maximum absolute atomic E-state index is 12.6. The van der Waals surface area contributed by atoms with Crippen molar-refractivity contribution < 1.29 is 4.79 Å². The minimum atomic E-state index is -0.111. The molecule has 7 nitrogen and oxygen atoms in total. The van der Waals surface area contributed by atoms with Gasteiger partial charge in [0.1, 0.15) is 5.82 Å². The highest BCUT2D eigenvalue weighted by Crippen LogP contribution is 2.24. The number of nitrogens with one attached hydrogen (secondary N) is 2. The summed E-state index contributed by atoms with van der Waals surface area (Å²) in [6, 6.07) is 9.21. The summed E-state index contributed by atoms with van der Waals surface area (Å²) in [5, 5.41) is 11.4. The Morgan fingerprint density at radius 1 is 1.16 bits per heavy atom. The second-order valence-electron chi connectivity index (χ2n) is 5.85. The van der Waals surface area contributed by atoms with Crippen molar-refractivity contribution in [3.63, 3.8) is 0 Å². The number of H-pyrrole nitrogens is 1. The quantitative estimate of drug-likeness (QED) is 0.740. The van der Waals surface area contributed by atoms with Gasteiger partial charge in [-0.3, -0.25) is 5.10 Å². The fraction of sp³-hybridized carbons (Fsp3) is 0.235.